The number of allylic oxidation sites excluding steroid dienone is 1. The summed E-state index contributed by atoms with van der Waals surface area (Å²) in [7, 11) is 1.44. The fraction of sp³-hybridized carbons (Fsp3) is 0.188. The average Bonchev–Trinajstić information content (AvgIpc) is 2.88. The van der Waals surface area contributed by atoms with Crippen LogP contribution >= 0.6 is 27.5 Å². The summed E-state index contributed by atoms with van der Waals surface area (Å²) in [5, 5.41) is 0.154. The molecule has 6 nitrogen and oxygen atoms in total. The van der Waals surface area contributed by atoms with Gasteiger partial charge in [-0.3, -0.25) is 13.9 Å². The van der Waals surface area contributed by atoms with Crippen LogP contribution in [-0.4, -0.2) is 18.7 Å². The van der Waals surface area contributed by atoms with Crippen LogP contribution in [0.1, 0.15) is 5.56 Å². The summed E-state index contributed by atoms with van der Waals surface area (Å²) in [6, 6.07) is 7.64. The first-order valence-corrected chi connectivity index (χ1v) is 8.32. The average molecular weight is 410 g/mol. The Labute approximate surface area is 150 Å². The lowest BCUT2D eigenvalue weighted by atomic mass is 10.2. The van der Waals surface area contributed by atoms with Crippen LogP contribution in [-0.2, 0) is 20.1 Å². The van der Waals surface area contributed by atoms with Gasteiger partial charge in [-0.15, -0.1) is 6.58 Å². The van der Waals surface area contributed by atoms with Gasteiger partial charge in [0.2, 0.25) is 5.28 Å². The van der Waals surface area contributed by atoms with E-state index in [4.69, 9.17) is 11.6 Å². The van der Waals surface area contributed by atoms with Gasteiger partial charge in [0.25, 0.3) is 5.56 Å². The van der Waals surface area contributed by atoms with E-state index in [1.54, 1.807) is 10.6 Å². The van der Waals surface area contributed by atoms with E-state index in [0.717, 1.165) is 14.6 Å². The summed E-state index contributed by atoms with van der Waals surface area (Å²) < 4.78 is 4.95. The van der Waals surface area contributed by atoms with E-state index in [1.165, 1.54) is 11.6 Å². The fourth-order valence-corrected chi connectivity index (χ4v) is 3.20. The van der Waals surface area contributed by atoms with Gasteiger partial charge in [-0.25, -0.2) is 4.79 Å². The molecule has 2 heterocycles. The van der Waals surface area contributed by atoms with Crippen LogP contribution in [0, 0.1) is 0 Å². The number of benzene rings is 1. The largest absolute Gasteiger partial charge is 0.332 e. The topological polar surface area (TPSA) is 61.8 Å². The number of nitrogens with zero attached hydrogens (tertiary/aromatic N) is 4. The molecular formula is C16H14BrClN4O2. The summed E-state index contributed by atoms with van der Waals surface area (Å²) in [4.78, 5) is 29.1. The molecule has 0 radical (unpaired) electrons. The van der Waals surface area contributed by atoms with Crippen molar-refractivity contribution in [3.05, 3.63) is 73.1 Å². The molecule has 0 atom stereocenters. The van der Waals surface area contributed by atoms with Crippen molar-refractivity contribution >= 4 is 38.7 Å². The van der Waals surface area contributed by atoms with Crippen molar-refractivity contribution in [1.82, 2.24) is 18.7 Å². The number of hydrogen-bond donors (Lipinski definition) is 0. The first kappa shape index (κ1) is 16.7. The van der Waals surface area contributed by atoms with Crippen molar-refractivity contribution in [2.24, 2.45) is 7.05 Å². The quantitative estimate of drug-likeness (QED) is 0.491. The molecule has 0 aliphatic rings. The van der Waals surface area contributed by atoms with Gasteiger partial charge in [0.15, 0.2) is 11.2 Å². The van der Waals surface area contributed by atoms with Crippen LogP contribution < -0.4 is 11.2 Å². The molecular weight excluding hydrogens is 396 g/mol. The molecule has 2 aromatic heterocycles. The summed E-state index contributed by atoms with van der Waals surface area (Å²) in [6.45, 7) is 4.24. The zero-order valence-corrected chi connectivity index (χ0v) is 15.2. The predicted molar refractivity (Wildman–Crippen MR) is 97.7 cm³/mol. The van der Waals surface area contributed by atoms with E-state index in [2.05, 4.69) is 27.5 Å². The number of fused-ring (bicyclic) bond motifs is 1. The Morgan fingerprint density at radius 3 is 2.67 bits per heavy atom. The van der Waals surface area contributed by atoms with Crippen molar-refractivity contribution in [2.75, 3.05) is 0 Å². The molecule has 8 heteroatoms. The second-order valence-corrected chi connectivity index (χ2v) is 6.47. The third-order valence-corrected chi connectivity index (χ3v) is 4.84. The van der Waals surface area contributed by atoms with Crippen LogP contribution in [0.15, 0.2) is 51.0 Å². The van der Waals surface area contributed by atoms with Crippen LogP contribution in [0.5, 0.6) is 0 Å². The number of aromatic nitrogens is 4. The highest BCUT2D eigenvalue weighted by Crippen LogP contribution is 2.22. The molecule has 0 aliphatic heterocycles. The van der Waals surface area contributed by atoms with Gasteiger partial charge in [-0.1, -0.05) is 40.2 Å². The SMILES string of the molecule is C=CCn1c(=O)n(C)c(=O)c2c1nc(Cl)n2Cc1ccccc1Br. The zero-order valence-electron chi connectivity index (χ0n) is 12.9. The van der Waals surface area contributed by atoms with Gasteiger partial charge < -0.3 is 4.57 Å². The molecule has 0 fully saturated rings. The maximum Gasteiger partial charge on any atom is 0.332 e. The standard InChI is InChI=1S/C16H14BrClN4O2/c1-3-8-21-13-12(14(23)20(2)16(21)24)22(15(18)19-13)9-10-6-4-5-7-11(10)17/h3-7H,1,8-9H2,2H3. The van der Waals surface area contributed by atoms with Gasteiger partial charge >= 0.3 is 5.69 Å². The van der Waals surface area contributed by atoms with E-state index >= 15 is 0 Å². The summed E-state index contributed by atoms with van der Waals surface area (Å²) >= 11 is 9.75. The first-order chi connectivity index (χ1) is 11.5. The second kappa shape index (κ2) is 6.41. The molecule has 0 saturated carbocycles. The maximum absolute atomic E-state index is 12.6. The first-order valence-electron chi connectivity index (χ1n) is 7.15. The molecule has 3 aromatic rings. The molecule has 0 spiro atoms. The van der Waals surface area contributed by atoms with E-state index in [-0.39, 0.29) is 17.5 Å². The molecule has 0 unspecified atom stereocenters. The van der Waals surface area contributed by atoms with Crippen LogP contribution in [0.3, 0.4) is 0 Å². The third kappa shape index (κ3) is 2.63. The van der Waals surface area contributed by atoms with Gasteiger partial charge in [0, 0.05) is 18.1 Å². The molecule has 124 valence electrons. The Balaban J connectivity index is 2.32. The van der Waals surface area contributed by atoms with Gasteiger partial charge in [-0.2, -0.15) is 4.98 Å². The second-order valence-electron chi connectivity index (χ2n) is 5.28. The third-order valence-electron chi connectivity index (χ3n) is 3.78. The van der Waals surface area contributed by atoms with Crippen LogP contribution in [0.25, 0.3) is 11.2 Å². The molecule has 0 aliphatic carbocycles. The van der Waals surface area contributed by atoms with Crippen molar-refractivity contribution in [1.29, 1.82) is 0 Å². The lowest BCUT2D eigenvalue weighted by molar-refractivity contribution is 0.673. The Morgan fingerprint density at radius 1 is 1.29 bits per heavy atom. The normalized spacial score (nSPS) is 11.1. The summed E-state index contributed by atoms with van der Waals surface area (Å²) in [5.74, 6) is 0. The molecule has 0 N–H and O–H groups in total. The molecule has 1 aromatic carbocycles. The Morgan fingerprint density at radius 2 is 2.00 bits per heavy atom. The number of rotatable bonds is 4. The highest BCUT2D eigenvalue weighted by atomic mass is 79.9. The van der Waals surface area contributed by atoms with Crippen LogP contribution in [0.2, 0.25) is 5.28 Å². The van der Waals surface area contributed by atoms with Crippen molar-refractivity contribution < 1.29 is 0 Å². The Kier molecular flexibility index (Phi) is 4.47. The van der Waals surface area contributed by atoms with E-state index in [0.29, 0.717) is 12.1 Å². The van der Waals surface area contributed by atoms with Gasteiger partial charge in [0.1, 0.15) is 0 Å². The lowest BCUT2D eigenvalue weighted by Crippen LogP contribution is -2.38. The highest BCUT2D eigenvalue weighted by molar-refractivity contribution is 9.10. The zero-order chi connectivity index (χ0) is 17.4. The number of imidazole rings is 1. The summed E-state index contributed by atoms with van der Waals surface area (Å²) in [6.07, 6.45) is 1.58. The number of hydrogen-bond acceptors (Lipinski definition) is 3. The van der Waals surface area contributed by atoms with Crippen molar-refractivity contribution in [3.63, 3.8) is 0 Å². The molecule has 0 amide bonds. The van der Waals surface area contributed by atoms with Gasteiger partial charge in [0.05, 0.1) is 6.54 Å². The summed E-state index contributed by atoms with van der Waals surface area (Å²) in [5.41, 5.74) is 0.623. The Bertz CT molecular complexity index is 1060. The fourth-order valence-electron chi connectivity index (χ4n) is 2.57. The van der Waals surface area contributed by atoms with Crippen molar-refractivity contribution in [2.45, 2.75) is 13.1 Å². The van der Waals surface area contributed by atoms with Gasteiger partial charge in [-0.05, 0) is 23.2 Å². The number of halogens is 2. The molecule has 24 heavy (non-hydrogen) atoms. The molecule has 3 rings (SSSR count). The minimum Gasteiger partial charge on any atom is -0.304 e. The smallest absolute Gasteiger partial charge is 0.304 e. The maximum atomic E-state index is 12.6. The minimum atomic E-state index is -0.449. The monoisotopic (exact) mass is 408 g/mol. The van der Waals surface area contributed by atoms with Crippen LogP contribution in [0.4, 0.5) is 0 Å². The van der Waals surface area contributed by atoms with E-state index < -0.39 is 11.2 Å². The van der Waals surface area contributed by atoms with Crippen molar-refractivity contribution in [3.8, 4) is 0 Å². The van der Waals surface area contributed by atoms with E-state index in [1.807, 2.05) is 24.3 Å². The molecule has 0 saturated heterocycles. The minimum absolute atomic E-state index is 0.154. The predicted octanol–water partition coefficient (Wildman–Crippen LogP) is 2.55. The lowest BCUT2D eigenvalue weighted by Gasteiger charge is -2.10. The highest BCUT2D eigenvalue weighted by Gasteiger charge is 2.19. The van der Waals surface area contributed by atoms with E-state index in [9.17, 15) is 9.59 Å². The Hall–Kier alpha value is -2.12. The molecule has 0 bridgehead atoms.